The molecule has 1 unspecified atom stereocenters. The largest absolute Gasteiger partial charge is 0.481 e. The zero-order valence-electron chi connectivity index (χ0n) is 10.1. The van der Waals surface area contributed by atoms with E-state index in [4.69, 9.17) is 10.2 Å². The molecule has 0 saturated heterocycles. The van der Waals surface area contributed by atoms with Gasteiger partial charge in [0.15, 0.2) is 0 Å². The average molecular weight is 268 g/mol. The molecule has 0 aromatic carbocycles. The molecule has 0 aliphatic rings. The van der Waals surface area contributed by atoms with Gasteiger partial charge in [0.2, 0.25) is 0 Å². The van der Waals surface area contributed by atoms with Crippen LogP contribution >= 0.6 is 0 Å². The summed E-state index contributed by atoms with van der Waals surface area (Å²) in [7, 11) is -2.30. The lowest BCUT2D eigenvalue weighted by molar-refractivity contribution is -0.137. The number of rotatable bonds is 9. The highest BCUT2D eigenvalue weighted by molar-refractivity contribution is 7.87. The molecule has 0 heterocycles. The lowest BCUT2D eigenvalue weighted by Gasteiger charge is -2.16. The van der Waals surface area contributed by atoms with Crippen LogP contribution in [0.2, 0.25) is 0 Å². The number of carboxylic acid groups (broad SMARTS) is 1. The van der Waals surface area contributed by atoms with Crippen LogP contribution in [0.3, 0.4) is 0 Å². The molecule has 7 nitrogen and oxygen atoms in total. The maximum Gasteiger partial charge on any atom is 0.304 e. The first-order chi connectivity index (χ1) is 7.75. The summed E-state index contributed by atoms with van der Waals surface area (Å²) in [5.41, 5.74) is 0. The first-order valence-corrected chi connectivity index (χ1v) is 6.80. The second-order valence-electron chi connectivity index (χ2n) is 3.86. The van der Waals surface area contributed by atoms with Gasteiger partial charge in [-0.05, 0) is 19.8 Å². The molecule has 0 aromatic heterocycles. The van der Waals surface area contributed by atoms with Crippen molar-refractivity contribution in [1.82, 2.24) is 9.03 Å². The summed E-state index contributed by atoms with van der Waals surface area (Å²) in [6.07, 6.45) is 0.361. The Bertz CT molecular complexity index is 328. The second kappa shape index (κ2) is 7.59. The maximum atomic E-state index is 11.5. The van der Waals surface area contributed by atoms with E-state index < -0.39 is 22.3 Å². The predicted octanol–water partition coefficient (Wildman–Crippen LogP) is -0.612. The lowest BCUT2D eigenvalue weighted by Crippen LogP contribution is -2.39. The van der Waals surface area contributed by atoms with Gasteiger partial charge in [0, 0.05) is 20.1 Å². The molecule has 102 valence electrons. The van der Waals surface area contributed by atoms with Crippen molar-refractivity contribution in [2.75, 3.05) is 20.1 Å². The Morgan fingerprint density at radius 2 is 2.06 bits per heavy atom. The Kier molecular flexibility index (Phi) is 7.28. The highest BCUT2D eigenvalue weighted by Gasteiger charge is 2.17. The highest BCUT2D eigenvalue weighted by Crippen LogP contribution is 1.98. The third-order valence-corrected chi connectivity index (χ3v) is 3.71. The average Bonchev–Trinajstić information content (AvgIpc) is 2.20. The first-order valence-electron chi connectivity index (χ1n) is 5.36. The van der Waals surface area contributed by atoms with Gasteiger partial charge in [0.25, 0.3) is 10.2 Å². The third kappa shape index (κ3) is 8.08. The minimum atomic E-state index is -3.62. The van der Waals surface area contributed by atoms with Crippen molar-refractivity contribution in [2.24, 2.45) is 0 Å². The molecule has 3 N–H and O–H groups in total. The SMILES string of the molecule is CC(O)CCCNS(=O)(=O)N(C)CCC(=O)O. The molecule has 0 fully saturated rings. The fourth-order valence-corrected chi connectivity index (χ4v) is 2.04. The Balaban J connectivity index is 3.97. The molecule has 0 aliphatic carbocycles. The van der Waals surface area contributed by atoms with Gasteiger partial charge in [-0.2, -0.15) is 12.7 Å². The van der Waals surface area contributed by atoms with E-state index in [1.807, 2.05) is 0 Å². The van der Waals surface area contributed by atoms with Gasteiger partial charge < -0.3 is 10.2 Å². The molecular weight excluding hydrogens is 248 g/mol. The quantitative estimate of drug-likeness (QED) is 0.483. The van der Waals surface area contributed by atoms with E-state index in [-0.39, 0.29) is 19.5 Å². The fraction of sp³-hybridized carbons (Fsp3) is 0.889. The van der Waals surface area contributed by atoms with Crippen LogP contribution in [0.25, 0.3) is 0 Å². The molecule has 0 spiro atoms. The summed E-state index contributed by atoms with van der Waals surface area (Å²) >= 11 is 0. The number of aliphatic carboxylic acids is 1. The molecule has 0 aromatic rings. The minimum Gasteiger partial charge on any atom is -0.481 e. The van der Waals surface area contributed by atoms with Crippen molar-refractivity contribution in [3.05, 3.63) is 0 Å². The standard InChI is InChI=1S/C9H20N2O5S/c1-8(12)4-3-6-10-17(15,16)11(2)7-5-9(13)14/h8,10,12H,3-7H2,1-2H3,(H,13,14). The van der Waals surface area contributed by atoms with E-state index in [0.29, 0.717) is 12.8 Å². The van der Waals surface area contributed by atoms with E-state index >= 15 is 0 Å². The number of carboxylic acids is 1. The molecule has 0 bridgehead atoms. The fourth-order valence-electron chi connectivity index (χ4n) is 1.08. The number of hydrogen-bond acceptors (Lipinski definition) is 4. The highest BCUT2D eigenvalue weighted by atomic mass is 32.2. The summed E-state index contributed by atoms with van der Waals surface area (Å²) < 4.78 is 26.4. The number of nitrogens with zero attached hydrogens (tertiary/aromatic N) is 1. The Morgan fingerprint density at radius 3 is 2.53 bits per heavy atom. The van der Waals surface area contributed by atoms with Crippen molar-refractivity contribution < 1.29 is 23.4 Å². The maximum absolute atomic E-state index is 11.5. The first kappa shape index (κ1) is 16.3. The van der Waals surface area contributed by atoms with E-state index in [2.05, 4.69) is 4.72 Å². The summed E-state index contributed by atoms with van der Waals surface area (Å²) in [6, 6.07) is 0. The van der Waals surface area contributed by atoms with Gasteiger partial charge in [0.05, 0.1) is 12.5 Å². The van der Waals surface area contributed by atoms with Crippen molar-refractivity contribution >= 4 is 16.2 Å². The van der Waals surface area contributed by atoms with E-state index in [1.54, 1.807) is 6.92 Å². The van der Waals surface area contributed by atoms with Crippen LogP contribution < -0.4 is 4.72 Å². The van der Waals surface area contributed by atoms with Gasteiger partial charge in [-0.3, -0.25) is 4.79 Å². The molecule has 0 rings (SSSR count). The Morgan fingerprint density at radius 1 is 1.47 bits per heavy atom. The summed E-state index contributed by atoms with van der Waals surface area (Å²) in [6.45, 7) is 1.79. The molecular formula is C9H20N2O5S. The van der Waals surface area contributed by atoms with E-state index in [1.165, 1.54) is 7.05 Å². The van der Waals surface area contributed by atoms with Crippen LogP contribution in [0.4, 0.5) is 0 Å². The monoisotopic (exact) mass is 268 g/mol. The summed E-state index contributed by atoms with van der Waals surface area (Å²) in [4.78, 5) is 10.3. The summed E-state index contributed by atoms with van der Waals surface area (Å²) in [5.74, 6) is -1.04. The van der Waals surface area contributed by atoms with Gasteiger partial charge >= 0.3 is 5.97 Å². The molecule has 8 heteroatoms. The predicted molar refractivity (Wildman–Crippen MR) is 62.7 cm³/mol. The van der Waals surface area contributed by atoms with Crippen LogP contribution in [-0.2, 0) is 15.0 Å². The van der Waals surface area contributed by atoms with E-state index in [9.17, 15) is 13.2 Å². The number of hydrogen-bond donors (Lipinski definition) is 3. The minimum absolute atomic E-state index is 0.0684. The molecule has 0 saturated carbocycles. The van der Waals surface area contributed by atoms with E-state index in [0.717, 1.165) is 4.31 Å². The molecule has 17 heavy (non-hydrogen) atoms. The molecule has 0 amide bonds. The Hall–Kier alpha value is -0.700. The van der Waals surface area contributed by atoms with Crippen molar-refractivity contribution in [3.63, 3.8) is 0 Å². The van der Waals surface area contributed by atoms with Gasteiger partial charge in [-0.1, -0.05) is 0 Å². The number of aliphatic hydroxyl groups excluding tert-OH is 1. The number of carbonyl (C=O) groups is 1. The summed E-state index contributed by atoms with van der Waals surface area (Å²) in [5, 5.41) is 17.4. The van der Waals surface area contributed by atoms with Crippen LogP contribution in [0.1, 0.15) is 26.2 Å². The van der Waals surface area contributed by atoms with Gasteiger partial charge in [0.1, 0.15) is 0 Å². The Labute approximate surface area is 102 Å². The van der Waals surface area contributed by atoms with Crippen molar-refractivity contribution in [3.8, 4) is 0 Å². The van der Waals surface area contributed by atoms with Crippen LogP contribution in [0, 0.1) is 0 Å². The third-order valence-electron chi connectivity index (χ3n) is 2.13. The van der Waals surface area contributed by atoms with Crippen LogP contribution in [0.5, 0.6) is 0 Å². The zero-order chi connectivity index (χ0) is 13.5. The van der Waals surface area contributed by atoms with Gasteiger partial charge in [-0.15, -0.1) is 0 Å². The molecule has 0 aliphatic heterocycles. The van der Waals surface area contributed by atoms with Gasteiger partial charge in [-0.25, -0.2) is 4.72 Å². The molecule has 1 atom stereocenters. The van der Waals surface area contributed by atoms with Crippen molar-refractivity contribution in [2.45, 2.75) is 32.3 Å². The smallest absolute Gasteiger partial charge is 0.304 e. The lowest BCUT2D eigenvalue weighted by atomic mass is 10.2. The second-order valence-corrected chi connectivity index (χ2v) is 5.72. The van der Waals surface area contributed by atoms with Crippen LogP contribution in [0.15, 0.2) is 0 Å². The number of aliphatic hydroxyl groups is 1. The van der Waals surface area contributed by atoms with Crippen LogP contribution in [-0.4, -0.2) is 55.1 Å². The zero-order valence-corrected chi connectivity index (χ0v) is 10.9. The molecule has 0 radical (unpaired) electrons. The van der Waals surface area contributed by atoms with Crippen molar-refractivity contribution in [1.29, 1.82) is 0 Å². The number of nitrogens with one attached hydrogen (secondary N) is 1. The topological polar surface area (TPSA) is 107 Å². The normalized spacial score (nSPS) is 13.9.